The van der Waals surface area contributed by atoms with Crippen molar-refractivity contribution in [3.05, 3.63) is 71.4 Å². The van der Waals surface area contributed by atoms with E-state index in [1.807, 2.05) is 6.20 Å². The van der Waals surface area contributed by atoms with Gasteiger partial charge in [0, 0.05) is 23.9 Å². The molecule has 3 aromatic rings. The smallest absolute Gasteiger partial charge is 0.110 e. The third-order valence-corrected chi connectivity index (χ3v) is 6.68. The summed E-state index contributed by atoms with van der Waals surface area (Å²) in [4.78, 5) is 13.1. The van der Waals surface area contributed by atoms with Crippen molar-refractivity contribution in [3.8, 4) is 11.3 Å². The van der Waals surface area contributed by atoms with E-state index in [1.54, 1.807) is 0 Å². The Morgan fingerprint density at radius 1 is 1.03 bits per heavy atom. The largest absolute Gasteiger partial charge is 0.348 e. The Kier molecular flexibility index (Phi) is 5.58. The van der Waals surface area contributed by atoms with Crippen LogP contribution < -0.4 is 0 Å². The number of hydrogen-bond donors (Lipinski definition) is 1. The van der Waals surface area contributed by atoms with Crippen LogP contribution in [0.3, 0.4) is 0 Å². The molecular weight excluding hydrogens is 354 g/mol. The van der Waals surface area contributed by atoms with Gasteiger partial charge in [0.15, 0.2) is 0 Å². The minimum Gasteiger partial charge on any atom is -0.348 e. The topological polar surface area (TPSA) is 41.6 Å². The first kappa shape index (κ1) is 19.9. The molecular formula is C26H33N3. The van der Waals surface area contributed by atoms with Gasteiger partial charge in [-0.2, -0.15) is 0 Å². The zero-order valence-corrected chi connectivity index (χ0v) is 18.2. The van der Waals surface area contributed by atoms with Crippen molar-refractivity contribution in [2.24, 2.45) is 5.41 Å². The molecule has 3 heteroatoms. The number of pyridine rings is 1. The molecule has 1 aliphatic carbocycles. The summed E-state index contributed by atoms with van der Waals surface area (Å²) in [5.74, 6) is 2.23. The van der Waals surface area contributed by atoms with Gasteiger partial charge in [0.1, 0.15) is 5.82 Å². The molecule has 0 amide bonds. The lowest BCUT2D eigenvalue weighted by Gasteiger charge is -2.21. The summed E-state index contributed by atoms with van der Waals surface area (Å²) in [6, 6.07) is 13.3. The minimum absolute atomic E-state index is 0.307. The van der Waals surface area contributed by atoms with Gasteiger partial charge in [-0.1, -0.05) is 63.9 Å². The van der Waals surface area contributed by atoms with Crippen LogP contribution in [0.4, 0.5) is 0 Å². The predicted molar refractivity (Wildman–Crippen MR) is 120 cm³/mol. The van der Waals surface area contributed by atoms with Crippen molar-refractivity contribution in [1.82, 2.24) is 15.0 Å². The molecule has 152 valence electrons. The standard InChI is InChI=1S/C26H33N3/c1-5-26(3,4)15-21-17-28-25(29-21)23-8-6-7-22(23)19-10-12-20(13-11-19)24-14-9-18(2)16-27-24/h9-14,16-17,22-23H,5-8,15H2,1-4H3,(H,28,29)/t22-,23-/m1/s1. The van der Waals surface area contributed by atoms with Gasteiger partial charge in [-0.05, 0) is 54.7 Å². The molecule has 1 fully saturated rings. The number of H-pyrrole nitrogens is 1. The van der Waals surface area contributed by atoms with Crippen molar-refractivity contribution in [1.29, 1.82) is 0 Å². The summed E-state index contributed by atoms with van der Waals surface area (Å²) >= 11 is 0. The first-order valence-corrected chi connectivity index (χ1v) is 11.0. The van der Waals surface area contributed by atoms with Crippen molar-refractivity contribution in [3.63, 3.8) is 0 Å². The number of aromatic nitrogens is 3. The third-order valence-electron chi connectivity index (χ3n) is 6.68. The third kappa shape index (κ3) is 4.44. The molecule has 0 spiro atoms. The molecule has 0 unspecified atom stereocenters. The van der Waals surface area contributed by atoms with Crippen molar-refractivity contribution >= 4 is 0 Å². The second-order valence-corrected chi connectivity index (χ2v) is 9.46. The predicted octanol–water partition coefficient (Wildman–Crippen LogP) is 6.81. The number of nitrogens with one attached hydrogen (secondary N) is 1. The Bertz CT molecular complexity index is 935. The molecule has 4 rings (SSSR count). The highest BCUT2D eigenvalue weighted by molar-refractivity contribution is 5.59. The summed E-state index contributed by atoms with van der Waals surface area (Å²) in [5.41, 5.74) is 6.36. The van der Waals surface area contributed by atoms with E-state index >= 15 is 0 Å². The summed E-state index contributed by atoms with van der Waals surface area (Å²) in [6.45, 7) is 8.98. The van der Waals surface area contributed by atoms with Crippen LogP contribution in [0.15, 0.2) is 48.8 Å². The average Bonchev–Trinajstić information content (AvgIpc) is 3.38. The van der Waals surface area contributed by atoms with E-state index in [9.17, 15) is 0 Å². The van der Waals surface area contributed by atoms with E-state index in [1.165, 1.54) is 53.9 Å². The van der Waals surface area contributed by atoms with Gasteiger partial charge in [0.2, 0.25) is 0 Å². The number of aryl methyl sites for hydroxylation is 1. The molecule has 1 N–H and O–H groups in total. The average molecular weight is 388 g/mol. The number of rotatable bonds is 6. The monoisotopic (exact) mass is 387 g/mol. The van der Waals surface area contributed by atoms with E-state index in [-0.39, 0.29) is 0 Å². The molecule has 0 radical (unpaired) electrons. The van der Waals surface area contributed by atoms with Crippen LogP contribution in [0.25, 0.3) is 11.3 Å². The first-order valence-electron chi connectivity index (χ1n) is 11.0. The van der Waals surface area contributed by atoms with Crippen LogP contribution >= 0.6 is 0 Å². The molecule has 0 bridgehead atoms. The molecule has 2 heterocycles. The van der Waals surface area contributed by atoms with E-state index < -0.39 is 0 Å². The Hall–Kier alpha value is -2.42. The number of hydrogen-bond acceptors (Lipinski definition) is 2. The Labute approximate surface area is 175 Å². The fraction of sp³-hybridized carbons (Fsp3) is 0.462. The number of benzene rings is 1. The Morgan fingerprint density at radius 3 is 2.48 bits per heavy atom. The van der Waals surface area contributed by atoms with Gasteiger partial charge in [-0.25, -0.2) is 4.98 Å². The van der Waals surface area contributed by atoms with Gasteiger partial charge in [0.05, 0.1) is 11.4 Å². The number of aromatic amines is 1. The second kappa shape index (κ2) is 8.14. The highest BCUT2D eigenvalue weighted by Gasteiger charge is 2.32. The summed E-state index contributed by atoms with van der Waals surface area (Å²) in [5, 5.41) is 0. The minimum atomic E-state index is 0.307. The van der Waals surface area contributed by atoms with Gasteiger partial charge < -0.3 is 4.98 Å². The lowest BCUT2D eigenvalue weighted by atomic mass is 9.85. The highest BCUT2D eigenvalue weighted by atomic mass is 14.9. The molecule has 0 aliphatic heterocycles. The maximum atomic E-state index is 5.01. The van der Waals surface area contributed by atoms with Crippen LogP contribution in [0.5, 0.6) is 0 Å². The lowest BCUT2D eigenvalue weighted by molar-refractivity contribution is 0.345. The molecule has 2 aromatic heterocycles. The zero-order chi connectivity index (χ0) is 20.4. The number of imidazole rings is 1. The summed E-state index contributed by atoms with van der Waals surface area (Å²) in [6.07, 6.45) is 10.0. The Morgan fingerprint density at radius 2 is 1.79 bits per heavy atom. The normalized spacial score (nSPS) is 19.6. The van der Waals surface area contributed by atoms with Crippen LogP contribution in [-0.4, -0.2) is 15.0 Å². The highest BCUT2D eigenvalue weighted by Crippen LogP contribution is 2.45. The van der Waals surface area contributed by atoms with Gasteiger partial charge in [-0.15, -0.1) is 0 Å². The van der Waals surface area contributed by atoms with E-state index in [4.69, 9.17) is 4.98 Å². The zero-order valence-electron chi connectivity index (χ0n) is 18.2. The van der Waals surface area contributed by atoms with Crippen LogP contribution in [0, 0.1) is 12.3 Å². The number of nitrogens with zero attached hydrogens (tertiary/aromatic N) is 2. The van der Waals surface area contributed by atoms with Crippen LogP contribution in [0.1, 0.15) is 80.9 Å². The van der Waals surface area contributed by atoms with Gasteiger partial charge >= 0.3 is 0 Å². The van der Waals surface area contributed by atoms with Crippen LogP contribution in [-0.2, 0) is 6.42 Å². The van der Waals surface area contributed by atoms with Crippen molar-refractivity contribution in [2.75, 3.05) is 0 Å². The SMILES string of the molecule is CCC(C)(C)Cc1c[nH]c([C@@H]2CCC[C@@H]2c2ccc(-c3ccc(C)cn3)cc2)n1. The lowest BCUT2D eigenvalue weighted by Crippen LogP contribution is -2.13. The fourth-order valence-electron chi connectivity index (χ4n) is 4.50. The summed E-state index contributed by atoms with van der Waals surface area (Å²) < 4.78 is 0. The van der Waals surface area contributed by atoms with Crippen molar-refractivity contribution < 1.29 is 0 Å². The second-order valence-electron chi connectivity index (χ2n) is 9.46. The van der Waals surface area contributed by atoms with Crippen LogP contribution in [0.2, 0.25) is 0 Å². The maximum absolute atomic E-state index is 5.01. The van der Waals surface area contributed by atoms with E-state index in [0.29, 0.717) is 17.3 Å². The summed E-state index contributed by atoms with van der Waals surface area (Å²) in [7, 11) is 0. The quantitative estimate of drug-likeness (QED) is 0.505. The Balaban J connectivity index is 1.51. The molecule has 1 aromatic carbocycles. The molecule has 29 heavy (non-hydrogen) atoms. The fourth-order valence-corrected chi connectivity index (χ4v) is 4.50. The molecule has 0 saturated heterocycles. The molecule has 1 aliphatic rings. The first-order chi connectivity index (χ1) is 13.9. The molecule has 3 nitrogen and oxygen atoms in total. The molecule has 2 atom stereocenters. The van der Waals surface area contributed by atoms with Gasteiger partial charge in [-0.3, -0.25) is 4.98 Å². The van der Waals surface area contributed by atoms with E-state index in [2.05, 4.69) is 80.3 Å². The van der Waals surface area contributed by atoms with Gasteiger partial charge in [0.25, 0.3) is 0 Å². The molecule has 1 saturated carbocycles. The maximum Gasteiger partial charge on any atom is 0.110 e. The van der Waals surface area contributed by atoms with Crippen molar-refractivity contribution in [2.45, 2.75) is 71.6 Å². The van der Waals surface area contributed by atoms with E-state index in [0.717, 1.165) is 12.1 Å².